The van der Waals surface area contributed by atoms with Crippen molar-refractivity contribution >= 4 is 11.9 Å². The van der Waals surface area contributed by atoms with Gasteiger partial charge in [-0.25, -0.2) is 0 Å². The summed E-state index contributed by atoms with van der Waals surface area (Å²) in [4.78, 5) is 29.5. The number of ether oxygens (including phenoxy) is 5. The van der Waals surface area contributed by atoms with Crippen LogP contribution in [0.3, 0.4) is 0 Å². The maximum atomic E-state index is 13.8. The van der Waals surface area contributed by atoms with Crippen molar-refractivity contribution in [2.24, 2.45) is 29.6 Å². The topological polar surface area (TPSA) is 83.5 Å². The minimum Gasteiger partial charge on any atom is -0.462 e. The van der Waals surface area contributed by atoms with Crippen molar-refractivity contribution < 1.29 is 33.3 Å². The molecular weight excluding hydrogens is 558 g/mol. The van der Waals surface area contributed by atoms with E-state index in [9.17, 15) is 9.59 Å². The summed E-state index contributed by atoms with van der Waals surface area (Å²) in [6, 6.07) is 0.506. The van der Waals surface area contributed by atoms with E-state index in [0.29, 0.717) is 6.04 Å². The Morgan fingerprint density at radius 2 is 1.30 bits per heavy atom. The highest BCUT2D eigenvalue weighted by Gasteiger charge is 2.46. The average Bonchev–Trinajstić information content (AvgIpc) is 3.78. The van der Waals surface area contributed by atoms with Crippen molar-refractivity contribution in [1.82, 2.24) is 4.90 Å². The van der Waals surface area contributed by atoms with E-state index in [1.165, 1.54) is 0 Å². The third kappa shape index (κ3) is 8.38. The quantitative estimate of drug-likeness (QED) is 0.268. The van der Waals surface area contributed by atoms with E-state index in [0.717, 1.165) is 70.6 Å². The molecule has 4 fully saturated rings. The van der Waals surface area contributed by atoms with Crippen LogP contribution in [0, 0.1) is 29.6 Å². The van der Waals surface area contributed by atoms with E-state index < -0.39 is 0 Å². The summed E-state index contributed by atoms with van der Waals surface area (Å²) in [6.07, 6.45) is 9.49. The van der Waals surface area contributed by atoms with E-state index in [-0.39, 0.29) is 90.4 Å². The number of cyclic esters (lactones) is 2. The van der Waals surface area contributed by atoms with Crippen LogP contribution >= 0.6 is 0 Å². The molecular formula is C36H63NO7. The predicted octanol–water partition coefficient (Wildman–Crippen LogP) is 6.57. The summed E-state index contributed by atoms with van der Waals surface area (Å²) in [5.41, 5.74) is 0. The van der Waals surface area contributed by atoms with Gasteiger partial charge in [0.05, 0.1) is 48.5 Å². The molecule has 0 N–H and O–H groups in total. The molecule has 4 bridgehead atoms. The summed E-state index contributed by atoms with van der Waals surface area (Å²) >= 11 is 0. The molecule has 0 amide bonds. The van der Waals surface area contributed by atoms with Gasteiger partial charge in [-0.1, -0.05) is 47.5 Å². The maximum absolute atomic E-state index is 13.8. The van der Waals surface area contributed by atoms with Crippen LogP contribution < -0.4 is 0 Å². The van der Waals surface area contributed by atoms with Crippen LogP contribution in [-0.2, 0) is 33.3 Å². The number of rotatable bonds is 9. The smallest absolute Gasteiger partial charge is 0.311 e. The molecule has 0 aliphatic carbocycles. The van der Waals surface area contributed by atoms with Gasteiger partial charge in [0.2, 0.25) is 0 Å². The molecule has 14 atom stereocenters. The minimum atomic E-state index is -0.376. The lowest BCUT2D eigenvalue weighted by molar-refractivity contribution is -0.177. The first-order chi connectivity index (χ1) is 20.9. The highest BCUT2D eigenvalue weighted by atomic mass is 16.6. The fourth-order valence-electron chi connectivity index (χ4n) is 8.28. The van der Waals surface area contributed by atoms with Gasteiger partial charge in [-0.05, 0) is 85.7 Å². The first kappa shape index (κ1) is 35.6. The Morgan fingerprint density at radius 1 is 0.727 bits per heavy atom. The standard InChI is InChI=1S/C36H63NO7/c1-10-12-26(37(8)9)20-27-14-15-30(40-27)22(4)34-23(5)31-17-19-32(42-31)24(6)35(38)43-28(13-11-2)21(3)29-16-18-33(41-29)25(7)36(39)44-34/h21-34H,10-20H2,1-9H3/t21-,22+,23-,24+,25-,26+,27-,28-,29-,30+,31-,32+,33+,34-/m0/s1. The van der Waals surface area contributed by atoms with Crippen LogP contribution in [0.15, 0.2) is 0 Å². The van der Waals surface area contributed by atoms with Crippen molar-refractivity contribution in [3.63, 3.8) is 0 Å². The summed E-state index contributed by atoms with van der Waals surface area (Å²) in [7, 11) is 4.32. The van der Waals surface area contributed by atoms with Gasteiger partial charge in [0, 0.05) is 23.8 Å². The number of esters is 2. The number of hydrogen-bond donors (Lipinski definition) is 0. The van der Waals surface area contributed by atoms with Gasteiger partial charge in [-0.15, -0.1) is 0 Å². The Balaban J connectivity index is 1.53. The second-order valence-electron chi connectivity index (χ2n) is 14.9. The highest BCUT2D eigenvalue weighted by molar-refractivity contribution is 5.73. The zero-order chi connectivity index (χ0) is 32.1. The number of carbonyl (C=O) groups excluding carboxylic acids is 2. The Bertz CT molecular complexity index is 928. The van der Waals surface area contributed by atoms with Crippen LogP contribution in [0.5, 0.6) is 0 Å². The van der Waals surface area contributed by atoms with Crippen LogP contribution in [-0.4, -0.2) is 85.8 Å². The molecule has 8 nitrogen and oxygen atoms in total. The van der Waals surface area contributed by atoms with E-state index in [1.54, 1.807) is 0 Å². The third-order valence-corrected chi connectivity index (χ3v) is 11.5. The number of fused-ring (bicyclic) bond motifs is 4. The molecule has 4 aliphatic heterocycles. The van der Waals surface area contributed by atoms with Gasteiger partial charge < -0.3 is 28.6 Å². The van der Waals surface area contributed by atoms with E-state index >= 15 is 0 Å². The minimum absolute atomic E-state index is 0.0196. The number of carbonyl (C=O) groups is 2. The van der Waals surface area contributed by atoms with Crippen molar-refractivity contribution in [2.75, 3.05) is 14.1 Å². The van der Waals surface area contributed by atoms with Crippen LogP contribution in [0.2, 0.25) is 0 Å². The Hall–Kier alpha value is -1.22. The molecule has 8 heteroatoms. The van der Waals surface area contributed by atoms with Gasteiger partial charge in [0.1, 0.15) is 12.2 Å². The molecule has 0 unspecified atom stereocenters. The van der Waals surface area contributed by atoms with Gasteiger partial charge in [-0.2, -0.15) is 0 Å². The fraction of sp³-hybridized carbons (Fsp3) is 0.944. The monoisotopic (exact) mass is 621 g/mol. The Kier molecular flexibility index (Phi) is 13.0. The molecule has 254 valence electrons. The summed E-state index contributed by atoms with van der Waals surface area (Å²) in [5, 5.41) is 0. The molecule has 0 aromatic rings. The lowest BCUT2D eigenvalue weighted by Gasteiger charge is -2.37. The van der Waals surface area contributed by atoms with E-state index in [1.807, 2.05) is 13.8 Å². The first-order valence-corrected chi connectivity index (χ1v) is 18.0. The van der Waals surface area contributed by atoms with Crippen molar-refractivity contribution in [3.8, 4) is 0 Å². The molecule has 0 spiro atoms. The molecule has 4 rings (SSSR count). The SMILES string of the molecule is CCC[C@H](C[C@@H]1CC[C@H]([C@@H](C)[C@@H]2OC(=O)[C@@H](C)[C@H]3CC[C@H](O3)[C@@H](C)[C@H](CCC)OC(=O)[C@H](C)[C@H]3CC[C@H](O3)[C@@H]2C)O1)N(C)C. The molecule has 4 heterocycles. The van der Waals surface area contributed by atoms with E-state index in [2.05, 4.69) is 53.6 Å². The molecule has 4 saturated heterocycles. The zero-order valence-electron chi connectivity index (χ0n) is 29.2. The summed E-state index contributed by atoms with van der Waals surface area (Å²) in [5.74, 6) is -1.06. The normalized spacial score (nSPS) is 41.9. The average molecular weight is 622 g/mol. The molecule has 0 saturated carbocycles. The van der Waals surface area contributed by atoms with Gasteiger partial charge >= 0.3 is 11.9 Å². The van der Waals surface area contributed by atoms with E-state index in [4.69, 9.17) is 23.7 Å². The third-order valence-electron chi connectivity index (χ3n) is 11.5. The Labute approximate surface area is 267 Å². The second kappa shape index (κ2) is 16.1. The molecule has 0 aromatic carbocycles. The molecule has 0 aromatic heterocycles. The van der Waals surface area contributed by atoms with Gasteiger partial charge in [0.25, 0.3) is 0 Å². The zero-order valence-corrected chi connectivity index (χ0v) is 29.2. The molecule has 0 radical (unpaired) electrons. The van der Waals surface area contributed by atoms with Gasteiger partial charge in [0.15, 0.2) is 0 Å². The fourth-order valence-corrected chi connectivity index (χ4v) is 8.28. The largest absolute Gasteiger partial charge is 0.462 e. The lowest BCUT2D eigenvalue weighted by Crippen LogP contribution is -2.45. The lowest BCUT2D eigenvalue weighted by atomic mass is 9.84. The first-order valence-electron chi connectivity index (χ1n) is 18.0. The van der Waals surface area contributed by atoms with Gasteiger partial charge in [-0.3, -0.25) is 9.59 Å². The van der Waals surface area contributed by atoms with Crippen molar-refractivity contribution in [1.29, 1.82) is 0 Å². The van der Waals surface area contributed by atoms with Crippen LogP contribution in [0.1, 0.15) is 119 Å². The van der Waals surface area contributed by atoms with Crippen LogP contribution in [0.4, 0.5) is 0 Å². The molecule has 44 heavy (non-hydrogen) atoms. The van der Waals surface area contributed by atoms with Crippen LogP contribution in [0.25, 0.3) is 0 Å². The number of nitrogens with zero attached hydrogens (tertiary/aromatic N) is 1. The second-order valence-corrected chi connectivity index (χ2v) is 14.9. The van der Waals surface area contributed by atoms with Crippen molar-refractivity contribution in [3.05, 3.63) is 0 Å². The predicted molar refractivity (Wildman–Crippen MR) is 171 cm³/mol. The molecule has 4 aliphatic rings. The summed E-state index contributed by atoms with van der Waals surface area (Å²) in [6.45, 7) is 14.7. The summed E-state index contributed by atoms with van der Waals surface area (Å²) < 4.78 is 32.5. The van der Waals surface area contributed by atoms with Crippen molar-refractivity contribution in [2.45, 2.75) is 174 Å². The Morgan fingerprint density at radius 3 is 1.86 bits per heavy atom. The highest BCUT2D eigenvalue weighted by Crippen LogP contribution is 2.40. The number of hydrogen-bond acceptors (Lipinski definition) is 8. The maximum Gasteiger partial charge on any atom is 0.311 e.